The number of aryl methyl sites for hydroxylation is 1. The molecule has 0 N–H and O–H groups in total. The largest absolute Gasteiger partial charge is 0.293 e. The number of hydrogen-bond donors (Lipinski definition) is 0. The molecule has 0 radical (unpaired) electrons. The smallest absolute Gasteiger partial charge is 0.178 e. The van der Waals surface area contributed by atoms with E-state index < -0.39 is 11.6 Å². The molecule has 1 heterocycles. The quantitative estimate of drug-likeness (QED) is 0.764. The van der Waals surface area contributed by atoms with E-state index in [9.17, 15) is 13.6 Å². The molecule has 1 nitrogen and oxygen atoms in total. The maximum atomic E-state index is 13.4. The normalized spacial score (nSPS) is 10.7. The Kier molecular flexibility index (Phi) is 3.78. The first-order valence-electron chi connectivity index (χ1n) is 5.20. The van der Waals surface area contributed by atoms with Gasteiger partial charge in [0.1, 0.15) is 11.6 Å². The van der Waals surface area contributed by atoms with Crippen LogP contribution in [0.15, 0.2) is 23.6 Å². The SMILES string of the molecule is Cc1csc(C(=O)Cc2c(F)cccc2F)c1Cl. The van der Waals surface area contributed by atoms with Gasteiger partial charge in [-0.3, -0.25) is 4.79 Å². The van der Waals surface area contributed by atoms with E-state index in [1.54, 1.807) is 12.3 Å². The Balaban J connectivity index is 2.30. The molecule has 0 fully saturated rings. The van der Waals surface area contributed by atoms with E-state index in [-0.39, 0.29) is 17.8 Å². The zero-order valence-corrected chi connectivity index (χ0v) is 11.0. The minimum atomic E-state index is -0.715. The first kappa shape index (κ1) is 13.2. The third kappa shape index (κ3) is 2.44. The number of rotatable bonds is 3. The van der Waals surface area contributed by atoms with Crippen LogP contribution in [0, 0.1) is 18.6 Å². The van der Waals surface area contributed by atoms with E-state index in [4.69, 9.17) is 11.6 Å². The minimum Gasteiger partial charge on any atom is -0.293 e. The first-order valence-corrected chi connectivity index (χ1v) is 6.46. The van der Waals surface area contributed by atoms with Crippen molar-refractivity contribution in [1.82, 2.24) is 0 Å². The monoisotopic (exact) mass is 286 g/mol. The topological polar surface area (TPSA) is 17.1 Å². The minimum absolute atomic E-state index is 0.218. The number of hydrogen-bond acceptors (Lipinski definition) is 2. The number of ketones is 1. The van der Waals surface area contributed by atoms with Gasteiger partial charge in [-0.2, -0.15) is 0 Å². The highest BCUT2D eigenvalue weighted by atomic mass is 35.5. The predicted molar refractivity (Wildman–Crippen MR) is 68.5 cm³/mol. The van der Waals surface area contributed by atoms with Crippen molar-refractivity contribution >= 4 is 28.7 Å². The summed E-state index contributed by atoms with van der Waals surface area (Å²) in [5, 5.41) is 2.11. The Bertz CT molecular complexity index is 587. The summed E-state index contributed by atoms with van der Waals surface area (Å²) < 4.78 is 26.8. The summed E-state index contributed by atoms with van der Waals surface area (Å²) in [5.41, 5.74) is 0.573. The maximum Gasteiger partial charge on any atom is 0.178 e. The molecule has 0 saturated heterocycles. The standard InChI is InChI=1S/C13H9ClF2OS/c1-7-6-18-13(12(7)14)11(17)5-8-9(15)3-2-4-10(8)16/h2-4,6H,5H2,1H3. The number of halogens is 3. The summed E-state index contributed by atoms with van der Waals surface area (Å²) in [7, 11) is 0. The third-order valence-corrected chi connectivity index (χ3v) is 4.29. The molecule has 0 aliphatic heterocycles. The van der Waals surface area contributed by atoms with Crippen molar-refractivity contribution in [2.75, 3.05) is 0 Å². The van der Waals surface area contributed by atoms with Crippen LogP contribution in [0.3, 0.4) is 0 Å². The van der Waals surface area contributed by atoms with Gasteiger partial charge in [-0.05, 0) is 30.0 Å². The predicted octanol–water partition coefficient (Wildman–Crippen LogP) is 4.41. The van der Waals surface area contributed by atoms with Crippen molar-refractivity contribution in [3.05, 3.63) is 56.2 Å². The van der Waals surface area contributed by atoms with Crippen molar-refractivity contribution in [2.45, 2.75) is 13.3 Å². The molecule has 0 aliphatic rings. The van der Waals surface area contributed by atoms with E-state index in [1.165, 1.54) is 17.4 Å². The number of carbonyl (C=O) groups is 1. The van der Waals surface area contributed by atoms with Gasteiger partial charge in [0, 0.05) is 12.0 Å². The second kappa shape index (κ2) is 5.16. The fourth-order valence-corrected chi connectivity index (χ4v) is 2.80. The molecule has 2 rings (SSSR count). The lowest BCUT2D eigenvalue weighted by Crippen LogP contribution is -2.06. The van der Waals surface area contributed by atoms with Gasteiger partial charge in [0.05, 0.1) is 9.90 Å². The van der Waals surface area contributed by atoms with Crippen molar-refractivity contribution in [2.24, 2.45) is 0 Å². The van der Waals surface area contributed by atoms with Gasteiger partial charge in [0.25, 0.3) is 0 Å². The highest BCUT2D eigenvalue weighted by molar-refractivity contribution is 7.13. The molecule has 18 heavy (non-hydrogen) atoms. The van der Waals surface area contributed by atoms with Crippen LogP contribution in [0.1, 0.15) is 20.8 Å². The number of Topliss-reactive ketones (excluding diaryl/α,β-unsaturated/α-hetero) is 1. The van der Waals surface area contributed by atoms with Crippen molar-refractivity contribution < 1.29 is 13.6 Å². The molecule has 0 aliphatic carbocycles. The molecule has 0 amide bonds. The van der Waals surface area contributed by atoms with Gasteiger partial charge < -0.3 is 0 Å². The zero-order valence-electron chi connectivity index (χ0n) is 9.47. The van der Waals surface area contributed by atoms with Crippen LogP contribution in [0.2, 0.25) is 5.02 Å². The molecule has 1 aromatic heterocycles. The highest BCUT2D eigenvalue weighted by Gasteiger charge is 2.18. The number of carbonyl (C=O) groups excluding carboxylic acids is 1. The molecular formula is C13H9ClF2OS. The highest BCUT2D eigenvalue weighted by Crippen LogP contribution is 2.28. The Labute approximate surface area is 112 Å². The lowest BCUT2D eigenvalue weighted by molar-refractivity contribution is 0.0994. The molecular weight excluding hydrogens is 278 g/mol. The Morgan fingerprint density at radius 1 is 1.33 bits per heavy atom. The van der Waals surface area contributed by atoms with E-state index in [0.29, 0.717) is 9.90 Å². The molecule has 0 unspecified atom stereocenters. The Hall–Kier alpha value is -1.26. The lowest BCUT2D eigenvalue weighted by Gasteiger charge is -2.03. The van der Waals surface area contributed by atoms with Crippen LogP contribution in [-0.4, -0.2) is 5.78 Å². The summed E-state index contributed by atoms with van der Waals surface area (Å²) in [6.45, 7) is 1.78. The molecule has 2 aromatic rings. The van der Waals surface area contributed by atoms with Crippen LogP contribution in [0.5, 0.6) is 0 Å². The van der Waals surface area contributed by atoms with Crippen molar-refractivity contribution in [3.63, 3.8) is 0 Å². The molecule has 0 spiro atoms. The molecule has 94 valence electrons. The van der Waals surface area contributed by atoms with Gasteiger partial charge in [0.2, 0.25) is 0 Å². The van der Waals surface area contributed by atoms with E-state index in [1.807, 2.05) is 0 Å². The summed E-state index contributed by atoms with van der Waals surface area (Å²) in [5.74, 6) is -1.80. The van der Waals surface area contributed by atoms with Crippen molar-refractivity contribution in [3.8, 4) is 0 Å². The number of thiophene rings is 1. The lowest BCUT2D eigenvalue weighted by atomic mass is 10.1. The van der Waals surface area contributed by atoms with Crippen LogP contribution in [0.25, 0.3) is 0 Å². The fraction of sp³-hybridized carbons (Fsp3) is 0.154. The van der Waals surface area contributed by atoms with Gasteiger partial charge >= 0.3 is 0 Å². The van der Waals surface area contributed by atoms with Gasteiger partial charge in [-0.1, -0.05) is 17.7 Å². The summed E-state index contributed by atoms with van der Waals surface area (Å²) >= 11 is 7.14. The average molecular weight is 287 g/mol. The summed E-state index contributed by atoms with van der Waals surface area (Å²) in [6, 6.07) is 3.53. The van der Waals surface area contributed by atoms with Crippen molar-refractivity contribution in [1.29, 1.82) is 0 Å². The summed E-state index contributed by atoms with van der Waals surface area (Å²) in [4.78, 5) is 12.3. The maximum absolute atomic E-state index is 13.4. The third-order valence-electron chi connectivity index (χ3n) is 2.55. The molecule has 0 atom stereocenters. The first-order chi connectivity index (χ1) is 8.50. The average Bonchev–Trinajstić information content (AvgIpc) is 2.65. The fourth-order valence-electron chi connectivity index (χ4n) is 1.56. The van der Waals surface area contributed by atoms with Crippen LogP contribution < -0.4 is 0 Å². The van der Waals surface area contributed by atoms with Gasteiger partial charge in [-0.15, -0.1) is 11.3 Å². The van der Waals surface area contributed by atoms with Gasteiger partial charge in [0.15, 0.2) is 5.78 Å². The molecule has 5 heteroatoms. The van der Waals surface area contributed by atoms with Crippen LogP contribution in [-0.2, 0) is 6.42 Å². The molecule has 1 aromatic carbocycles. The number of benzene rings is 1. The van der Waals surface area contributed by atoms with Gasteiger partial charge in [-0.25, -0.2) is 8.78 Å². The van der Waals surface area contributed by atoms with E-state index >= 15 is 0 Å². The second-order valence-corrected chi connectivity index (χ2v) is 5.12. The van der Waals surface area contributed by atoms with E-state index in [0.717, 1.165) is 17.7 Å². The molecule has 0 bridgehead atoms. The summed E-state index contributed by atoms with van der Waals surface area (Å²) in [6.07, 6.45) is -0.321. The van der Waals surface area contributed by atoms with Crippen LogP contribution >= 0.6 is 22.9 Å². The zero-order chi connectivity index (χ0) is 13.3. The Morgan fingerprint density at radius 3 is 2.44 bits per heavy atom. The second-order valence-electron chi connectivity index (χ2n) is 3.86. The van der Waals surface area contributed by atoms with Crippen LogP contribution in [0.4, 0.5) is 8.78 Å². The van der Waals surface area contributed by atoms with E-state index in [2.05, 4.69) is 0 Å². The molecule has 0 saturated carbocycles. The Morgan fingerprint density at radius 2 is 1.94 bits per heavy atom.